The summed E-state index contributed by atoms with van der Waals surface area (Å²) in [4.78, 5) is 0. The predicted molar refractivity (Wildman–Crippen MR) is 127 cm³/mol. The number of quaternary nitrogens is 1. The maximum Gasteiger partial charge on any atom is 0.183 e. The van der Waals surface area contributed by atoms with Gasteiger partial charge in [0, 0.05) is 12.8 Å². The summed E-state index contributed by atoms with van der Waals surface area (Å²) >= 11 is 4.35. The first kappa shape index (κ1) is 19.9. The molecule has 0 unspecified atom stereocenters. The second kappa shape index (κ2) is 8.17. The molecule has 146 valence electrons. The highest BCUT2D eigenvalue weighted by atomic mass is 127. The Hall–Kier alpha value is -1.37. The van der Waals surface area contributed by atoms with Crippen LogP contribution in [0.2, 0.25) is 0 Å². The Balaban J connectivity index is 1.36. The van der Waals surface area contributed by atoms with Crippen molar-refractivity contribution in [1.29, 1.82) is 0 Å². The van der Waals surface area contributed by atoms with E-state index in [9.17, 15) is 0 Å². The number of rotatable bonds is 6. The third-order valence-corrected chi connectivity index (χ3v) is 8.80. The molecule has 0 N–H and O–H groups in total. The fourth-order valence-electron chi connectivity index (χ4n) is 3.87. The lowest BCUT2D eigenvalue weighted by molar-refractivity contribution is -0.907. The van der Waals surface area contributed by atoms with Gasteiger partial charge in [-0.1, -0.05) is 36.4 Å². The summed E-state index contributed by atoms with van der Waals surface area (Å²) < 4.78 is 7.38. The Labute approximate surface area is 185 Å². The van der Waals surface area contributed by atoms with Crippen molar-refractivity contribution in [1.82, 2.24) is 0 Å². The van der Waals surface area contributed by atoms with Gasteiger partial charge in [0.1, 0.15) is 5.75 Å². The molecule has 0 amide bonds. The zero-order valence-corrected chi connectivity index (χ0v) is 19.5. The summed E-state index contributed by atoms with van der Waals surface area (Å²) in [6.07, 6.45) is 3.45. The van der Waals surface area contributed by atoms with Gasteiger partial charge in [0.15, 0.2) is 10.2 Å². The van der Waals surface area contributed by atoms with Gasteiger partial charge in [-0.2, -0.15) is 11.3 Å². The Morgan fingerprint density at radius 2 is 1.64 bits per heavy atom. The van der Waals surface area contributed by atoms with Crippen molar-refractivity contribution in [3.8, 4) is 16.9 Å². The van der Waals surface area contributed by atoms with Gasteiger partial charge in [-0.3, -0.25) is 0 Å². The largest absolute Gasteiger partial charge is 0.486 e. The third-order valence-electron chi connectivity index (χ3n) is 5.96. The van der Waals surface area contributed by atoms with E-state index in [1.54, 1.807) is 11.3 Å². The number of hydrogen-bond donors (Lipinski definition) is 0. The number of hydrogen-bond acceptors (Lipinski definition) is 2. The fraction of sp³-hybridized carbons (Fsp3) is 0.333. The standard InChI is InChI=1S/C24H27INOS/c1-26(2)14-3-13-24(26,25)18-27-23-10-6-20(7-11-23)16-19-4-8-21(9-5-19)22-12-15-28-17-22/h4-12,15,17H,3,13-14,16,18H2,1-2H3/q+1/t24-/m0/s1. The number of ether oxygens (including phenoxy) is 1. The number of nitrogens with zero attached hydrogens (tertiary/aromatic N) is 1. The molecule has 0 spiro atoms. The highest BCUT2D eigenvalue weighted by Gasteiger charge is 2.48. The minimum atomic E-state index is 0.181. The second-order valence-corrected chi connectivity index (χ2v) is 11.0. The molecule has 0 bridgehead atoms. The van der Waals surface area contributed by atoms with Crippen molar-refractivity contribution in [3.05, 3.63) is 76.5 Å². The van der Waals surface area contributed by atoms with Crippen LogP contribution in [-0.2, 0) is 6.42 Å². The maximum absolute atomic E-state index is 6.17. The molecule has 4 rings (SSSR count). The quantitative estimate of drug-likeness (QED) is 0.164. The lowest BCUT2D eigenvalue weighted by Crippen LogP contribution is -2.54. The van der Waals surface area contributed by atoms with Crippen molar-refractivity contribution < 1.29 is 9.22 Å². The topological polar surface area (TPSA) is 9.23 Å². The minimum absolute atomic E-state index is 0.181. The van der Waals surface area contributed by atoms with Gasteiger partial charge in [-0.15, -0.1) is 0 Å². The highest BCUT2D eigenvalue weighted by molar-refractivity contribution is 14.1. The van der Waals surface area contributed by atoms with Crippen LogP contribution in [0.4, 0.5) is 0 Å². The highest BCUT2D eigenvalue weighted by Crippen LogP contribution is 2.40. The molecule has 1 aliphatic heterocycles. The predicted octanol–water partition coefficient (Wildman–Crippen LogP) is 6.39. The second-order valence-electron chi connectivity index (χ2n) is 8.25. The molecule has 2 heterocycles. The number of likely N-dealkylation sites (N-methyl/N-ethyl adjacent to an activating group) is 1. The van der Waals surface area contributed by atoms with Crippen molar-refractivity contribution in [2.24, 2.45) is 0 Å². The van der Waals surface area contributed by atoms with E-state index in [0.717, 1.165) is 23.3 Å². The number of benzene rings is 2. The van der Waals surface area contributed by atoms with Crippen LogP contribution < -0.4 is 4.74 Å². The first-order valence-corrected chi connectivity index (χ1v) is 11.8. The van der Waals surface area contributed by atoms with Crippen molar-refractivity contribution in [2.75, 3.05) is 27.2 Å². The Bertz CT molecular complexity index is 903. The molecule has 2 aromatic carbocycles. The van der Waals surface area contributed by atoms with Crippen LogP contribution in [0.3, 0.4) is 0 Å². The van der Waals surface area contributed by atoms with Crippen molar-refractivity contribution >= 4 is 33.9 Å². The lowest BCUT2D eigenvalue weighted by Gasteiger charge is -2.38. The van der Waals surface area contributed by atoms with Gasteiger partial charge in [-0.05, 0) is 80.2 Å². The molecule has 0 saturated carbocycles. The van der Waals surface area contributed by atoms with Crippen molar-refractivity contribution in [2.45, 2.75) is 22.8 Å². The first-order chi connectivity index (χ1) is 13.5. The van der Waals surface area contributed by atoms with E-state index in [2.05, 4.69) is 102 Å². The van der Waals surface area contributed by atoms with Crippen LogP contribution in [0.15, 0.2) is 65.4 Å². The van der Waals surface area contributed by atoms with Gasteiger partial charge in [0.25, 0.3) is 0 Å². The van der Waals surface area contributed by atoms with E-state index in [1.165, 1.54) is 41.6 Å². The number of halogens is 1. The first-order valence-electron chi connectivity index (χ1n) is 9.81. The van der Waals surface area contributed by atoms with E-state index in [1.807, 2.05) is 0 Å². The SMILES string of the molecule is C[N+]1(C)CCC[C@@]1(I)COc1ccc(Cc2ccc(-c3ccsc3)cc2)cc1. The summed E-state index contributed by atoms with van der Waals surface area (Å²) in [6, 6.07) is 19.7. The normalized spacial score (nSPS) is 21.0. The maximum atomic E-state index is 6.17. The average Bonchev–Trinajstić information content (AvgIpc) is 3.31. The van der Waals surface area contributed by atoms with Crippen LogP contribution in [0.25, 0.3) is 11.1 Å². The molecule has 4 heteroatoms. The van der Waals surface area contributed by atoms with E-state index in [4.69, 9.17) is 4.74 Å². The van der Waals surface area contributed by atoms with E-state index < -0.39 is 0 Å². The summed E-state index contributed by atoms with van der Waals surface area (Å²) in [5.74, 6) is 0.972. The molecular weight excluding hydrogens is 477 g/mol. The van der Waals surface area contributed by atoms with Crippen molar-refractivity contribution in [3.63, 3.8) is 0 Å². The number of alkyl halides is 1. The molecule has 1 aliphatic rings. The Morgan fingerprint density at radius 1 is 0.964 bits per heavy atom. The minimum Gasteiger partial charge on any atom is -0.486 e. The summed E-state index contributed by atoms with van der Waals surface area (Å²) in [5.41, 5.74) is 5.24. The fourth-order valence-corrected chi connectivity index (χ4v) is 5.32. The third kappa shape index (κ3) is 4.29. The summed E-state index contributed by atoms with van der Waals surface area (Å²) in [6.45, 7) is 2.00. The molecule has 3 aromatic rings. The van der Waals surface area contributed by atoms with Gasteiger partial charge < -0.3 is 9.22 Å². The molecule has 1 atom stereocenters. The van der Waals surface area contributed by atoms with Crippen LogP contribution >= 0.6 is 33.9 Å². The molecular formula is C24H27INOS+. The molecule has 1 aromatic heterocycles. The van der Waals surface area contributed by atoms with Crippen LogP contribution in [0.1, 0.15) is 24.0 Å². The van der Waals surface area contributed by atoms with E-state index in [-0.39, 0.29) is 3.55 Å². The van der Waals surface area contributed by atoms with Crippen LogP contribution in [0.5, 0.6) is 5.75 Å². The van der Waals surface area contributed by atoms with Crippen LogP contribution in [-0.4, -0.2) is 35.3 Å². The molecule has 2 nitrogen and oxygen atoms in total. The van der Waals surface area contributed by atoms with Crippen LogP contribution in [0, 0.1) is 0 Å². The van der Waals surface area contributed by atoms with E-state index in [0.29, 0.717) is 0 Å². The average molecular weight is 504 g/mol. The van der Waals surface area contributed by atoms with E-state index >= 15 is 0 Å². The molecule has 0 aliphatic carbocycles. The molecule has 1 fully saturated rings. The zero-order chi connectivity index (χ0) is 19.6. The smallest absolute Gasteiger partial charge is 0.183 e. The summed E-state index contributed by atoms with van der Waals surface area (Å²) in [7, 11) is 4.63. The Kier molecular flexibility index (Phi) is 5.81. The van der Waals surface area contributed by atoms with Gasteiger partial charge in [-0.25, -0.2) is 0 Å². The molecule has 1 saturated heterocycles. The van der Waals surface area contributed by atoms with Gasteiger partial charge in [0.05, 0.1) is 20.6 Å². The monoisotopic (exact) mass is 504 g/mol. The summed E-state index contributed by atoms with van der Waals surface area (Å²) in [5, 5.41) is 4.32. The zero-order valence-electron chi connectivity index (χ0n) is 16.5. The molecule has 0 radical (unpaired) electrons. The number of thiophene rings is 1. The Morgan fingerprint density at radius 3 is 2.21 bits per heavy atom. The van der Waals surface area contributed by atoms with Gasteiger partial charge >= 0.3 is 0 Å². The van der Waals surface area contributed by atoms with Gasteiger partial charge in [0.2, 0.25) is 0 Å². The lowest BCUT2D eigenvalue weighted by atomic mass is 10.0. The number of likely N-dealkylation sites (tertiary alicyclic amines) is 1. The molecule has 28 heavy (non-hydrogen) atoms.